The molecule has 0 saturated heterocycles. The first-order chi connectivity index (χ1) is 24.4. The lowest BCUT2D eigenvalue weighted by atomic mass is 9.91. The summed E-state index contributed by atoms with van der Waals surface area (Å²) in [6.45, 7) is 7.73. The van der Waals surface area contributed by atoms with Gasteiger partial charge in [-0.3, -0.25) is 0 Å². The van der Waals surface area contributed by atoms with Crippen molar-refractivity contribution < 1.29 is 24.1 Å². The van der Waals surface area contributed by atoms with E-state index in [1.165, 1.54) is 0 Å². The number of rotatable bonds is 15. The van der Waals surface area contributed by atoms with Crippen LogP contribution in [0.15, 0.2) is 140 Å². The summed E-state index contributed by atoms with van der Waals surface area (Å²) >= 11 is 0. The van der Waals surface area contributed by atoms with Crippen molar-refractivity contribution in [3.63, 3.8) is 0 Å². The third-order valence-corrected chi connectivity index (χ3v) is 8.88. The fraction of sp³-hybridized carbons (Fsp3) is 0.200. The zero-order chi connectivity index (χ0) is 34.7. The highest BCUT2D eigenvalue weighted by molar-refractivity contribution is 5.59. The van der Waals surface area contributed by atoms with E-state index in [2.05, 4.69) is 19.1 Å². The minimum absolute atomic E-state index is 0.313. The Morgan fingerprint density at radius 3 is 1.20 bits per heavy atom. The molecule has 0 aliphatic heterocycles. The molecule has 0 fully saturated rings. The third kappa shape index (κ3) is 8.93. The Bertz CT molecular complexity index is 1900. The van der Waals surface area contributed by atoms with Gasteiger partial charge in [-0.1, -0.05) is 121 Å². The summed E-state index contributed by atoms with van der Waals surface area (Å²) in [5.74, 6) is 2.79. The van der Waals surface area contributed by atoms with Crippen molar-refractivity contribution in [1.29, 1.82) is 0 Å². The van der Waals surface area contributed by atoms with Gasteiger partial charge in [-0.2, -0.15) is 0 Å². The Hall–Kier alpha value is -5.52. The van der Waals surface area contributed by atoms with Crippen LogP contribution in [0.25, 0.3) is 0 Å². The highest BCUT2D eigenvalue weighted by Crippen LogP contribution is 2.43. The van der Waals surface area contributed by atoms with Gasteiger partial charge < -0.3 is 24.1 Å². The van der Waals surface area contributed by atoms with Crippen molar-refractivity contribution in [1.82, 2.24) is 0 Å². The molecule has 6 aromatic carbocycles. The maximum Gasteiger partial charge on any atom is 0.129 e. The average Bonchev–Trinajstić information content (AvgIpc) is 3.15. The number of hydrogen-bond acceptors (Lipinski definition) is 5. The fourth-order valence-electron chi connectivity index (χ4n) is 6.10. The second kappa shape index (κ2) is 16.7. The van der Waals surface area contributed by atoms with Crippen molar-refractivity contribution in [3.05, 3.63) is 190 Å². The van der Waals surface area contributed by atoms with Gasteiger partial charge in [0, 0.05) is 23.6 Å². The molecule has 6 rings (SSSR count). The largest absolute Gasteiger partial charge is 0.489 e. The molecular formula is C45H44O5. The van der Waals surface area contributed by atoms with Gasteiger partial charge in [0.1, 0.15) is 49.4 Å². The molecule has 5 nitrogen and oxygen atoms in total. The maximum absolute atomic E-state index is 12.1. The number of ether oxygens (including phenoxy) is 4. The lowest BCUT2D eigenvalue weighted by Gasteiger charge is -2.25. The zero-order valence-electron chi connectivity index (χ0n) is 29.0. The lowest BCUT2D eigenvalue weighted by molar-refractivity contribution is 0.168. The van der Waals surface area contributed by atoms with Crippen molar-refractivity contribution in [2.45, 2.75) is 59.7 Å². The van der Waals surface area contributed by atoms with E-state index in [1.807, 2.05) is 141 Å². The van der Waals surface area contributed by atoms with E-state index in [0.29, 0.717) is 50.1 Å². The molecular weight excluding hydrogens is 620 g/mol. The monoisotopic (exact) mass is 664 g/mol. The van der Waals surface area contributed by atoms with E-state index in [4.69, 9.17) is 18.9 Å². The predicted octanol–water partition coefficient (Wildman–Crippen LogP) is 10.2. The first-order valence-corrected chi connectivity index (χ1v) is 17.1. The van der Waals surface area contributed by atoms with E-state index in [-0.39, 0.29) is 0 Å². The lowest BCUT2D eigenvalue weighted by Crippen LogP contribution is -2.12. The van der Waals surface area contributed by atoms with Gasteiger partial charge >= 0.3 is 0 Å². The second-order valence-corrected chi connectivity index (χ2v) is 12.6. The molecule has 0 heterocycles. The van der Waals surface area contributed by atoms with Crippen LogP contribution in [0.1, 0.15) is 56.2 Å². The molecule has 0 bridgehead atoms. The van der Waals surface area contributed by atoms with Crippen LogP contribution in [0.3, 0.4) is 0 Å². The Balaban J connectivity index is 1.32. The molecule has 0 radical (unpaired) electrons. The maximum atomic E-state index is 12.1. The molecule has 0 aliphatic carbocycles. The highest BCUT2D eigenvalue weighted by atomic mass is 16.5. The molecule has 0 amide bonds. The van der Waals surface area contributed by atoms with E-state index >= 15 is 0 Å². The smallest absolute Gasteiger partial charge is 0.129 e. The van der Waals surface area contributed by atoms with Crippen molar-refractivity contribution in [2.75, 3.05) is 0 Å². The van der Waals surface area contributed by atoms with E-state index in [9.17, 15) is 5.11 Å². The van der Waals surface area contributed by atoms with Crippen molar-refractivity contribution in [2.24, 2.45) is 0 Å². The minimum Gasteiger partial charge on any atom is -0.489 e. The molecule has 50 heavy (non-hydrogen) atoms. The number of hydrogen-bond donors (Lipinski definition) is 1. The van der Waals surface area contributed by atoms with Crippen LogP contribution in [0, 0.1) is 20.8 Å². The Morgan fingerprint density at radius 2 is 0.780 bits per heavy atom. The molecule has 0 saturated carbocycles. The first kappa shape index (κ1) is 34.3. The minimum atomic E-state index is -0.898. The summed E-state index contributed by atoms with van der Waals surface area (Å²) in [5, 5.41) is 12.1. The summed E-state index contributed by atoms with van der Waals surface area (Å²) in [6, 6.07) is 46.2. The van der Waals surface area contributed by atoms with E-state index < -0.39 is 6.10 Å². The number of aliphatic hydroxyl groups excluding tert-OH is 1. The topological polar surface area (TPSA) is 57.2 Å². The molecule has 0 aliphatic rings. The molecule has 1 atom stereocenters. The Morgan fingerprint density at radius 1 is 0.420 bits per heavy atom. The fourth-order valence-corrected chi connectivity index (χ4v) is 6.10. The third-order valence-electron chi connectivity index (χ3n) is 8.88. The summed E-state index contributed by atoms with van der Waals surface area (Å²) in [7, 11) is 0. The quantitative estimate of drug-likeness (QED) is 0.118. The van der Waals surface area contributed by atoms with Gasteiger partial charge in [0.05, 0.1) is 6.10 Å². The van der Waals surface area contributed by atoms with Gasteiger partial charge in [0.15, 0.2) is 0 Å². The number of benzene rings is 6. The SMILES string of the molecule is Cc1c(C)c(OCc2ccccc2)c(C(O)Cc2cc(OCc3ccccc3)cc(OCc3ccccc3)c2)c(C)c1OCc1ccccc1. The van der Waals surface area contributed by atoms with Crippen molar-refractivity contribution in [3.8, 4) is 23.0 Å². The van der Waals surface area contributed by atoms with Gasteiger partial charge in [-0.05, 0) is 71.8 Å². The summed E-state index contributed by atoms with van der Waals surface area (Å²) in [4.78, 5) is 0. The van der Waals surface area contributed by atoms with E-state index in [0.717, 1.165) is 55.8 Å². The molecule has 1 unspecified atom stereocenters. The molecule has 0 aromatic heterocycles. The summed E-state index contributed by atoms with van der Waals surface area (Å²) < 4.78 is 25.6. The first-order valence-electron chi connectivity index (χ1n) is 17.1. The summed E-state index contributed by atoms with van der Waals surface area (Å²) in [5.41, 5.74) is 8.65. The van der Waals surface area contributed by atoms with Crippen LogP contribution in [0.2, 0.25) is 0 Å². The normalized spacial score (nSPS) is 11.5. The van der Waals surface area contributed by atoms with Crippen LogP contribution in [0.5, 0.6) is 23.0 Å². The standard InChI is InChI=1S/C45H44O5/c1-32-33(2)45(50-31-38-22-14-7-15-23-38)43(34(3)44(32)49-30-37-20-12-6-13-21-37)42(46)26-39-24-40(47-28-35-16-8-4-9-17-35)27-41(25-39)48-29-36-18-10-5-11-19-36/h4-25,27,42,46H,26,28-31H2,1-3H3. The van der Waals surface area contributed by atoms with Crippen LogP contribution in [-0.4, -0.2) is 5.11 Å². The van der Waals surface area contributed by atoms with Gasteiger partial charge in [0.2, 0.25) is 0 Å². The highest BCUT2D eigenvalue weighted by Gasteiger charge is 2.26. The van der Waals surface area contributed by atoms with Gasteiger partial charge in [-0.25, -0.2) is 0 Å². The van der Waals surface area contributed by atoms with Gasteiger partial charge in [-0.15, -0.1) is 0 Å². The molecule has 1 N–H and O–H groups in total. The van der Waals surface area contributed by atoms with Crippen LogP contribution in [-0.2, 0) is 32.8 Å². The average molecular weight is 665 g/mol. The van der Waals surface area contributed by atoms with Crippen LogP contribution >= 0.6 is 0 Å². The molecule has 0 spiro atoms. The second-order valence-electron chi connectivity index (χ2n) is 12.6. The van der Waals surface area contributed by atoms with Crippen LogP contribution < -0.4 is 18.9 Å². The molecule has 5 heteroatoms. The molecule has 254 valence electrons. The summed E-state index contributed by atoms with van der Waals surface area (Å²) in [6.07, 6.45) is -0.585. The Kier molecular flexibility index (Phi) is 11.5. The predicted molar refractivity (Wildman–Crippen MR) is 199 cm³/mol. The van der Waals surface area contributed by atoms with Gasteiger partial charge in [0.25, 0.3) is 0 Å². The van der Waals surface area contributed by atoms with Crippen molar-refractivity contribution >= 4 is 0 Å². The van der Waals surface area contributed by atoms with Crippen LogP contribution in [0.4, 0.5) is 0 Å². The zero-order valence-corrected chi connectivity index (χ0v) is 29.0. The van der Waals surface area contributed by atoms with E-state index in [1.54, 1.807) is 0 Å². The molecule has 6 aromatic rings. The Labute approximate surface area is 295 Å². The number of aliphatic hydroxyl groups is 1.